The quantitative estimate of drug-likeness (QED) is 0.796. The fourth-order valence-corrected chi connectivity index (χ4v) is 4.24. The molecule has 0 radical (unpaired) electrons. The SMILES string of the molecule is O=C1CC(NC(=O)C2(c3cccc(Cl)c3)CC2)CN1CCN1CCOCC1. The fraction of sp³-hybridized carbons (Fsp3) is 0.600. The van der Waals surface area contributed by atoms with Crippen LogP contribution in [0.5, 0.6) is 0 Å². The van der Waals surface area contributed by atoms with Crippen LogP contribution < -0.4 is 5.32 Å². The predicted octanol–water partition coefficient (Wildman–Crippen LogP) is 1.42. The highest BCUT2D eigenvalue weighted by atomic mass is 35.5. The van der Waals surface area contributed by atoms with E-state index in [1.807, 2.05) is 29.2 Å². The molecular formula is C20H26ClN3O3. The van der Waals surface area contributed by atoms with Gasteiger partial charge in [0.2, 0.25) is 11.8 Å². The van der Waals surface area contributed by atoms with E-state index in [0.29, 0.717) is 24.5 Å². The number of nitrogens with one attached hydrogen (secondary N) is 1. The van der Waals surface area contributed by atoms with E-state index < -0.39 is 5.41 Å². The third-order valence-corrected chi connectivity index (χ3v) is 6.14. The van der Waals surface area contributed by atoms with E-state index >= 15 is 0 Å². The second kappa shape index (κ2) is 7.78. The monoisotopic (exact) mass is 391 g/mol. The molecule has 7 heteroatoms. The Bertz CT molecular complexity index is 716. The van der Waals surface area contributed by atoms with Crippen molar-refractivity contribution in [1.82, 2.24) is 15.1 Å². The fourth-order valence-electron chi connectivity index (χ4n) is 4.05. The molecule has 3 aliphatic rings. The number of likely N-dealkylation sites (tertiary alicyclic amines) is 1. The summed E-state index contributed by atoms with van der Waals surface area (Å²) < 4.78 is 5.36. The van der Waals surface area contributed by atoms with Crippen LogP contribution in [0.1, 0.15) is 24.8 Å². The lowest BCUT2D eigenvalue weighted by Crippen LogP contribution is -2.44. The minimum atomic E-state index is -0.463. The van der Waals surface area contributed by atoms with Crippen LogP contribution in [0.3, 0.4) is 0 Å². The lowest BCUT2D eigenvalue weighted by molar-refractivity contribution is -0.128. The first-order valence-electron chi connectivity index (χ1n) is 9.72. The second-order valence-electron chi connectivity index (χ2n) is 7.76. The van der Waals surface area contributed by atoms with E-state index in [9.17, 15) is 9.59 Å². The van der Waals surface area contributed by atoms with Gasteiger partial charge < -0.3 is 15.0 Å². The summed E-state index contributed by atoms with van der Waals surface area (Å²) in [6, 6.07) is 7.44. The Morgan fingerprint density at radius 3 is 2.74 bits per heavy atom. The highest BCUT2D eigenvalue weighted by Crippen LogP contribution is 2.49. The molecule has 2 heterocycles. The number of rotatable bonds is 6. The Labute approximate surface area is 164 Å². The third-order valence-electron chi connectivity index (χ3n) is 5.90. The van der Waals surface area contributed by atoms with Gasteiger partial charge in [-0.05, 0) is 30.5 Å². The Balaban J connectivity index is 1.31. The van der Waals surface area contributed by atoms with Gasteiger partial charge in [-0.2, -0.15) is 0 Å². The Kier molecular flexibility index (Phi) is 5.39. The Morgan fingerprint density at radius 1 is 1.26 bits per heavy atom. The Hall–Kier alpha value is -1.63. The van der Waals surface area contributed by atoms with Gasteiger partial charge in [0.25, 0.3) is 0 Å². The molecule has 3 fully saturated rings. The van der Waals surface area contributed by atoms with Gasteiger partial charge >= 0.3 is 0 Å². The van der Waals surface area contributed by atoms with Gasteiger partial charge in [-0.1, -0.05) is 23.7 Å². The van der Waals surface area contributed by atoms with Crippen molar-refractivity contribution in [2.24, 2.45) is 0 Å². The molecule has 1 aromatic carbocycles. The molecule has 1 aromatic rings. The molecule has 1 saturated carbocycles. The number of carbonyl (C=O) groups is 2. The van der Waals surface area contributed by atoms with Crippen molar-refractivity contribution in [3.8, 4) is 0 Å². The molecule has 27 heavy (non-hydrogen) atoms. The molecule has 1 atom stereocenters. The van der Waals surface area contributed by atoms with Crippen molar-refractivity contribution >= 4 is 23.4 Å². The molecule has 2 saturated heterocycles. The molecule has 146 valence electrons. The first-order valence-corrected chi connectivity index (χ1v) is 10.1. The summed E-state index contributed by atoms with van der Waals surface area (Å²) in [4.78, 5) is 29.4. The number of morpholine rings is 1. The number of hydrogen-bond acceptors (Lipinski definition) is 4. The van der Waals surface area contributed by atoms with E-state index in [-0.39, 0.29) is 17.9 Å². The average molecular weight is 392 g/mol. The van der Waals surface area contributed by atoms with Crippen LogP contribution in [0.25, 0.3) is 0 Å². The van der Waals surface area contributed by atoms with E-state index in [1.54, 1.807) is 0 Å². The number of nitrogens with zero attached hydrogens (tertiary/aromatic N) is 2. The summed E-state index contributed by atoms with van der Waals surface area (Å²) in [5, 5.41) is 3.77. The molecule has 2 aliphatic heterocycles. The van der Waals surface area contributed by atoms with Crippen molar-refractivity contribution < 1.29 is 14.3 Å². The van der Waals surface area contributed by atoms with E-state index in [2.05, 4.69) is 10.2 Å². The smallest absolute Gasteiger partial charge is 0.230 e. The van der Waals surface area contributed by atoms with Gasteiger partial charge in [0, 0.05) is 44.2 Å². The van der Waals surface area contributed by atoms with Gasteiger partial charge in [-0.3, -0.25) is 14.5 Å². The summed E-state index contributed by atoms with van der Waals surface area (Å²) in [6.07, 6.45) is 2.06. The standard InChI is InChI=1S/C20H26ClN3O3/c21-16-3-1-2-15(12-16)20(4-5-20)19(26)22-17-13-18(25)24(14-17)7-6-23-8-10-27-11-9-23/h1-3,12,17H,4-11,13-14H2,(H,22,26). The molecule has 1 unspecified atom stereocenters. The van der Waals surface area contributed by atoms with Gasteiger partial charge in [0.1, 0.15) is 0 Å². The molecule has 0 aromatic heterocycles. The van der Waals surface area contributed by atoms with Gasteiger partial charge in [-0.25, -0.2) is 0 Å². The number of hydrogen-bond donors (Lipinski definition) is 1. The summed E-state index contributed by atoms with van der Waals surface area (Å²) in [7, 11) is 0. The van der Waals surface area contributed by atoms with E-state index in [0.717, 1.165) is 51.3 Å². The zero-order valence-corrected chi connectivity index (χ0v) is 16.2. The highest BCUT2D eigenvalue weighted by Gasteiger charge is 2.52. The van der Waals surface area contributed by atoms with Crippen molar-refractivity contribution in [3.05, 3.63) is 34.9 Å². The van der Waals surface area contributed by atoms with Crippen LogP contribution in [-0.4, -0.2) is 73.6 Å². The third kappa shape index (κ3) is 4.13. The van der Waals surface area contributed by atoms with E-state index in [4.69, 9.17) is 16.3 Å². The number of carbonyl (C=O) groups excluding carboxylic acids is 2. The highest BCUT2D eigenvalue weighted by molar-refractivity contribution is 6.30. The first-order chi connectivity index (χ1) is 13.1. The topological polar surface area (TPSA) is 61.9 Å². The maximum atomic E-state index is 12.9. The molecule has 0 spiro atoms. The molecule has 1 aliphatic carbocycles. The molecule has 6 nitrogen and oxygen atoms in total. The van der Waals surface area contributed by atoms with E-state index in [1.165, 1.54) is 0 Å². The molecule has 2 amide bonds. The molecule has 4 rings (SSSR count). The minimum absolute atomic E-state index is 0.0256. The minimum Gasteiger partial charge on any atom is -0.379 e. The van der Waals surface area contributed by atoms with Crippen LogP contribution >= 0.6 is 11.6 Å². The largest absolute Gasteiger partial charge is 0.379 e. The summed E-state index contributed by atoms with van der Waals surface area (Å²) in [6.45, 7) is 5.54. The number of ether oxygens (including phenoxy) is 1. The first kappa shape index (κ1) is 18.7. The van der Waals surface area contributed by atoms with Gasteiger partial charge in [0.15, 0.2) is 0 Å². The van der Waals surface area contributed by atoms with Crippen LogP contribution in [0.15, 0.2) is 24.3 Å². The molecular weight excluding hydrogens is 366 g/mol. The van der Waals surface area contributed by atoms with Crippen LogP contribution in [-0.2, 0) is 19.7 Å². The summed E-state index contributed by atoms with van der Waals surface area (Å²) >= 11 is 6.10. The van der Waals surface area contributed by atoms with Crippen molar-refractivity contribution in [3.63, 3.8) is 0 Å². The van der Waals surface area contributed by atoms with Crippen molar-refractivity contribution in [1.29, 1.82) is 0 Å². The van der Waals surface area contributed by atoms with Crippen molar-refractivity contribution in [2.45, 2.75) is 30.7 Å². The maximum absolute atomic E-state index is 12.9. The lowest BCUT2D eigenvalue weighted by atomic mass is 9.94. The summed E-state index contributed by atoms with van der Waals surface area (Å²) in [5.41, 5.74) is 0.510. The number of amides is 2. The lowest BCUT2D eigenvalue weighted by Gasteiger charge is -2.28. The molecule has 1 N–H and O–H groups in total. The van der Waals surface area contributed by atoms with Crippen LogP contribution in [0, 0.1) is 0 Å². The number of halogens is 1. The average Bonchev–Trinajstić information content (AvgIpc) is 3.41. The predicted molar refractivity (Wildman–Crippen MR) is 103 cm³/mol. The Morgan fingerprint density at radius 2 is 2.04 bits per heavy atom. The second-order valence-corrected chi connectivity index (χ2v) is 8.20. The summed E-state index contributed by atoms with van der Waals surface area (Å²) in [5.74, 6) is 0.152. The number of benzene rings is 1. The maximum Gasteiger partial charge on any atom is 0.230 e. The zero-order valence-electron chi connectivity index (χ0n) is 15.5. The van der Waals surface area contributed by atoms with Crippen LogP contribution in [0.2, 0.25) is 5.02 Å². The zero-order chi connectivity index (χ0) is 18.9. The van der Waals surface area contributed by atoms with Crippen LogP contribution in [0.4, 0.5) is 0 Å². The van der Waals surface area contributed by atoms with Crippen molar-refractivity contribution in [2.75, 3.05) is 45.9 Å². The normalized spacial score (nSPS) is 24.9. The molecule has 0 bridgehead atoms. The van der Waals surface area contributed by atoms with Gasteiger partial charge in [0.05, 0.1) is 24.7 Å². The van der Waals surface area contributed by atoms with Gasteiger partial charge in [-0.15, -0.1) is 0 Å².